The van der Waals surface area contributed by atoms with Gasteiger partial charge in [-0.05, 0) is 10.6 Å². The summed E-state index contributed by atoms with van der Waals surface area (Å²) in [5, 5.41) is 0.441. The summed E-state index contributed by atoms with van der Waals surface area (Å²) in [7, 11) is 0. The molecule has 0 aliphatic carbocycles. The van der Waals surface area contributed by atoms with Crippen LogP contribution in [0.4, 0.5) is 0 Å². The van der Waals surface area contributed by atoms with Gasteiger partial charge in [0.25, 0.3) is 0 Å². The Balaban J connectivity index is 4.23. The normalized spacial score (nSPS) is 13.5. The third-order valence-corrected chi connectivity index (χ3v) is 1.87. The van der Waals surface area contributed by atoms with E-state index >= 15 is 0 Å². The van der Waals surface area contributed by atoms with Crippen molar-refractivity contribution in [2.24, 2.45) is 5.64 Å². The van der Waals surface area contributed by atoms with Gasteiger partial charge in [-0.1, -0.05) is 41.5 Å². The second-order valence-electron chi connectivity index (χ2n) is 5.21. The Bertz CT molecular complexity index is 93.4. The van der Waals surface area contributed by atoms with E-state index in [0.717, 1.165) is 0 Å². The average Bonchev–Trinajstić information content (AvgIpc) is 1.59. The standard InChI is InChI=1S/C8H20BN/c1-7(2,3)9(10)8(4,5)6/h10H2,1-6H3. The van der Waals surface area contributed by atoms with Crippen LogP contribution in [0.25, 0.3) is 0 Å². The fourth-order valence-electron chi connectivity index (χ4n) is 1.30. The molecule has 1 nitrogen and oxygen atoms in total. The van der Waals surface area contributed by atoms with Crippen LogP contribution in [0.2, 0.25) is 10.6 Å². The van der Waals surface area contributed by atoms with Crippen LogP contribution in [0.1, 0.15) is 41.5 Å². The molecule has 0 rings (SSSR count). The van der Waals surface area contributed by atoms with E-state index in [1.165, 1.54) is 0 Å². The minimum Gasteiger partial charge on any atom is -0.369 e. The summed E-state index contributed by atoms with van der Waals surface area (Å²) >= 11 is 0. The van der Waals surface area contributed by atoms with E-state index < -0.39 is 0 Å². The molecule has 0 fully saturated rings. The Labute approximate surface area is 65.5 Å². The molecule has 0 heterocycles. The maximum atomic E-state index is 6.03. The highest BCUT2D eigenvalue weighted by molar-refractivity contribution is 6.61. The predicted octanol–water partition coefficient (Wildman–Crippen LogP) is 2.54. The van der Waals surface area contributed by atoms with E-state index in [-0.39, 0.29) is 17.5 Å². The van der Waals surface area contributed by atoms with Crippen molar-refractivity contribution in [1.82, 2.24) is 0 Å². The smallest absolute Gasteiger partial charge is 0.229 e. The van der Waals surface area contributed by atoms with Gasteiger partial charge in [0.1, 0.15) is 0 Å². The van der Waals surface area contributed by atoms with Crippen LogP contribution in [-0.2, 0) is 0 Å². The van der Waals surface area contributed by atoms with Crippen LogP contribution in [0, 0.1) is 0 Å². The molecule has 0 amide bonds. The van der Waals surface area contributed by atoms with Gasteiger partial charge < -0.3 is 5.64 Å². The fraction of sp³-hybridized carbons (Fsp3) is 1.00. The van der Waals surface area contributed by atoms with Crippen molar-refractivity contribution in [3.63, 3.8) is 0 Å². The van der Waals surface area contributed by atoms with Crippen molar-refractivity contribution in [2.45, 2.75) is 52.2 Å². The van der Waals surface area contributed by atoms with Crippen molar-refractivity contribution in [3.05, 3.63) is 0 Å². The van der Waals surface area contributed by atoms with Gasteiger partial charge in [-0.3, -0.25) is 0 Å². The van der Waals surface area contributed by atoms with Crippen LogP contribution in [0.3, 0.4) is 0 Å². The van der Waals surface area contributed by atoms with Crippen LogP contribution in [-0.4, -0.2) is 6.85 Å². The van der Waals surface area contributed by atoms with Gasteiger partial charge in [0.2, 0.25) is 6.85 Å². The lowest BCUT2D eigenvalue weighted by Gasteiger charge is -2.34. The lowest BCUT2D eigenvalue weighted by Crippen LogP contribution is -2.43. The second-order valence-corrected chi connectivity index (χ2v) is 5.21. The van der Waals surface area contributed by atoms with Gasteiger partial charge in [-0.25, -0.2) is 0 Å². The highest BCUT2D eigenvalue weighted by atomic mass is 14.5. The molecule has 0 saturated heterocycles. The zero-order valence-electron chi connectivity index (χ0n) is 8.15. The van der Waals surface area contributed by atoms with Crippen molar-refractivity contribution < 1.29 is 0 Å². The van der Waals surface area contributed by atoms with Gasteiger partial charge in [0, 0.05) is 0 Å². The summed E-state index contributed by atoms with van der Waals surface area (Å²) in [4.78, 5) is 0. The first kappa shape index (κ1) is 10.0. The summed E-state index contributed by atoms with van der Waals surface area (Å²) in [6.07, 6.45) is 0. The van der Waals surface area contributed by atoms with Crippen LogP contribution < -0.4 is 5.64 Å². The molecule has 60 valence electrons. The SMILES string of the molecule is CC(C)(C)B(N)C(C)(C)C. The van der Waals surface area contributed by atoms with Crippen molar-refractivity contribution >= 4 is 6.85 Å². The van der Waals surface area contributed by atoms with E-state index in [9.17, 15) is 0 Å². The first-order chi connectivity index (χ1) is 4.15. The van der Waals surface area contributed by atoms with Crippen LogP contribution >= 0.6 is 0 Å². The summed E-state index contributed by atoms with van der Waals surface area (Å²) in [5.41, 5.74) is 6.03. The molecule has 2 N–H and O–H groups in total. The zero-order valence-corrected chi connectivity index (χ0v) is 8.15. The topological polar surface area (TPSA) is 26.0 Å². The number of nitrogens with two attached hydrogens (primary N) is 1. The average molecular weight is 141 g/mol. The summed E-state index contributed by atoms with van der Waals surface area (Å²) in [5.74, 6) is 0. The first-order valence-electron chi connectivity index (χ1n) is 3.91. The number of hydrogen-bond acceptors (Lipinski definition) is 1. The van der Waals surface area contributed by atoms with Gasteiger partial charge in [-0.2, -0.15) is 0 Å². The lowest BCUT2D eigenvalue weighted by atomic mass is 9.33. The predicted molar refractivity (Wildman–Crippen MR) is 49.4 cm³/mol. The Kier molecular flexibility index (Phi) is 2.58. The lowest BCUT2D eigenvalue weighted by molar-refractivity contribution is 0.641. The van der Waals surface area contributed by atoms with E-state index in [1.807, 2.05) is 0 Å². The number of hydrogen-bond donors (Lipinski definition) is 1. The minimum atomic E-state index is 0.220. The Hall–Kier alpha value is 0.0249. The molecule has 0 bridgehead atoms. The van der Waals surface area contributed by atoms with Gasteiger partial charge in [0.05, 0.1) is 0 Å². The summed E-state index contributed by atoms with van der Waals surface area (Å²) < 4.78 is 0. The monoisotopic (exact) mass is 141 g/mol. The van der Waals surface area contributed by atoms with Crippen LogP contribution in [0.15, 0.2) is 0 Å². The molecule has 0 aromatic heterocycles. The summed E-state index contributed by atoms with van der Waals surface area (Å²) in [6, 6.07) is 0. The molecule has 0 saturated carbocycles. The molecule has 10 heavy (non-hydrogen) atoms. The van der Waals surface area contributed by atoms with E-state index in [2.05, 4.69) is 41.5 Å². The van der Waals surface area contributed by atoms with E-state index in [4.69, 9.17) is 5.64 Å². The molecular weight excluding hydrogens is 121 g/mol. The third kappa shape index (κ3) is 2.74. The maximum Gasteiger partial charge on any atom is 0.229 e. The van der Waals surface area contributed by atoms with Gasteiger partial charge in [0.15, 0.2) is 0 Å². The Morgan fingerprint density at radius 3 is 1.00 bits per heavy atom. The first-order valence-corrected chi connectivity index (χ1v) is 3.91. The second kappa shape index (κ2) is 2.57. The van der Waals surface area contributed by atoms with E-state index in [0.29, 0.717) is 0 Å². The maximum absolute atomic E-state index is 6.03. The van der Waals surface area contributed by atoms with Gasteiger partial charge in [-0.15, -0.1) is 0 Å². The molecule has 0 radical (unpaired) electrons. The largest absolute Gasteiger partial charge is 0.369 e. The molecule has 0 aromatic rings. The molecule has 0 unspecified atom stereocenters. The van der Waals surface area contributed by atoms with E-state index in [1.54, 1.807) is 0 Å². The molecule has 0 atom stereocenters. The quantitative estimate of drug-likeness (QED) is 0.515. The van der Waals surface area contributed by atoms with Crippen molar-refractivity contribution in [3.8, 4) is 0 Å². The fourth-order valence-corrected chi connectivity index (χ4v) is 1.30. The Morgan fingerprint density at radius 2 is 1.00 bits per heavy atom. The summed E-state index contributed by atoms with van der Waals surface area (Å²) in [6.45, 7) is 13.4. The third-order valence-electron chi connectivity index (χ3n) is 1.87. The molecule has 2 heteroatoms. The molecule has 0 spiro atoms. The van der Waals surface area contributed by atoms with Gasteiger partial charge >= 0.3 is 0 Å². The minimum absolute atomic E-state index is 0.220. The molecule has 0 aromatic carbocycles. The van der Waals surface area contributed by atoms with Crippen LogP contribution in [0.5, 0.6) is 0 Å². The highest BCUT2D eigenvalue weighted by Gasteiger charge is 2.35. The Morgan fingerprint density at radius 1 is 0.800 bits per heavy atom. The highest BCUT2D eigenvalue weighted by Crippen LogP contribution is 2.38. The molecule has 0 aliphatic heterocycles. The zero-order chi connectivity index (χ0) is 8.58. The van der Waals surface area contributed by atoms with Crippen molar-refractivity contribution in [1.29, 1.82) is 0 Å². The van der Waals surface area contributed by atoms with Crippen molar-refractivity contribution in [2.75, 3.05) is 0 Å². The molecular formula is C8H20BN. The number of rotatable bonds is 0. The molecule has 0 aliphatic rings.